The Balaban J connectivity index is 1.82. The van der Waals surface area contributed by atoms with Crippen LogP contribution in [0.25, 0.3) is 11.3 Å². The smallest absolute Gasteiger partial charge is 0.269 e. The molecule has 1 aliphatic rings. The van der Waals surface area contributed by atoms with Gasteiger partial charge in [0.25, 0.3) is 5.92 Å². The number of hydrogen-bond donors (Lipinski definition) is 1. The van der Waals surface area contributed by atoms with Gasteiger partial charge in [-0.05, 0) is 12.1 Å². The molecule has 0 bridgehead atoms. The van der Waals surface area contributed by atoms with E-state index in [-0.39, 0.29) is 6.54 Å². The van der Waals surface area contributed by atoms with E-state index in [0.717, 1.165) is 5.56 Å². The molecule has 110 valence electrons. The molecule has 1 fully saturated rings. The van der Waals surface area contributed by atoms with E-state index in [1.807, 2.05) is 0 Å². The Morgan fingerprint density at radius 1 is 1.29 bits per heavy atom. The number of nitrogens with two attached hydrogens (primary N) is 1. The summed E-state index contributed by atoms with van der Waals surface area (Å²) in [5.74, 6) is -2.47. The molecule has 21 heavy (non-hydrogen) atoms. The predicted octanol–water partition coefficient (Wildman–Crippen LogP) is 2.21. The lowest BCUT2D eigenvalue weighted by Crippen LogP contribution is -2.26. The van der Waals surface area contributed by atoms with Crippen molar-refractivity contribution in [3.05, 3.63) is 30.7 Å². The van der Waals surface area contributed by atoms with Crippen LogP contribution in [0.5, 0.6) is 0 Å². The van der Waals surface area contributed by atoms with E-state index in [2.05, 4.69) is 15.0 Å². The van der Waals surface area contributed by atoms with Gasteiger partial charge in [-0.1, -0.05) is 6.92 Å². The van der Waals surface area contributed by atoms with Crippen LogP contribution in [-0.4, -0.2) is 34.0 Å². The number of aromatic nitrogens is 3. The number of alkyl halides is 2. The lowest BCUT2D eigenvalue weighted by atomic mass is 10.1. The summed E-state index contributed by atoms with van der Waals surface area (Å²) < 4.78 is 27.1. The van der Waals surface area contributed by atoms with Gasteiger partial charge < -0.3 is 10.6 Å². The van der Waals surface area contributed by atoms with Crippen molar-refractivity contribution in [1.29, 1.82) is 0 Å². The van der Waals surface area contributed by atoms with Crippen molar-refractivity contribution in [3.8, 4) is 11.3 Å². The molecule has 1 atom stereocenters. The fraction of sp³-hybridized carbons (Fsp3) is 0.357. The maximum Gasteiger partial charge on any atom is 0.269 e. The lowest BCUT2D eigenvalue weighted by Gasteiger charge is -2.16. The van der Waals surface area contributed by atoms with Gasteiger partial charge in [0.15, 0.2) is 0 Å². The topological polar surface area (TPSA) is 67.9 Å². The highest BCUT2D eigenvalue weighted by molar-refractivity contribution is 5.60. The van der Waals surface area contributed by atoms with Crippen molar-refractivity contribution in [2.45, 2.75) is 12.8 Å². The molecular formula is C14H15F2N5. The Kier molecular flexibility index (Phi) is 3.19. The van der Waals surface area contributed by atoms with Gasteiger partial charge >= 0.3 is 0 Å². The first kappa shape index (κ1) is 13.7. The van der Waals surface area contributed by atoms with Crippen LogP contribution in [0.2, 0.25) is 0 Å². The Labute approximate surface area is 120 Å². The summed E-state index contributed by atoms with van der Waals surface area (Å²) in [5, 5.41) is 0. The number of halogens is 2. The number of pyridine rings is 1. The van der Waals surface area contributed by atoms with Gasteiger partial charge in [-0.15, -0.1) is 0 Å². The van der Waals surface area contributed by atoms with E-state index in [9.17, 15) is 8.78 Å². The van der Waals surface area contributed by atoms with Crippen molar-refractivity contribution in [3.63, 3.8) is 0 Å². The summed E-state index contributed by atoms with van der Waals surface area (Å²) in [6, 6.07) is 3.50. The molecule has 1 saturated heterocycles. The van der Waals surface area contributed by atoms with Crippen LogP contribution in [0, 0.1) is 5.92 Å². The zero-order valence-electron chi connectivity index (χ0n) is 11.5. The first-order valence-corrected chi connectivity index (χ1v) is 6.62. The largest absolute Gasteiger partial charge is 0.382 e. The Hall–Kier alpha value is -2.31. The molecule has 2 aromatic rings. The molecule has 0 radical (unpaired) electrons. The van der Waals surface area contributed by atoms with Gasteiger partial charge in [0.05, 0.1) is 24.6 Å². The fourth-order valence-electron chi connectivity index (χ4n) is 2.36. The van der Waals surface area contributed by atoms with Crippen LogP contribution in [0.4, 0.5) is 20.4 Å². The summed E-state index contributed by atoms with van der Waals surface area (Å²) >= 11 is 0. The highest BCUT2D eigenvalue weighted by Crippen LogP contribution is 2.34. The second kappa shape index (κ2) is 4.91. The standard InChI is InChI=1S/C14H15F2N5/c1-9-7-21(8-14(9,15)16)13-3-2-10(4-19-13)11-5-18-6-12(17)20-11/h2-6,9H,7-8H2,1H3,(H2,17,20). The molecule has 1 unspecified atom stereocenters. The number of anilines is 2. The number of nitrogen functional groups attached to an aromatic ring is 1. The molecule has 3 rings (SSSR count). The second-order valence-electron chi connectivity index (χ2n) is 5.28. The third-order valence-corrected chi connectivity index (χ3v) is 3.64. The van der Waals surface area contributed by atoms with Crippen LogP contribution >= 0.6 is 0 Å². The maximum absolute atomic E-state index is 13.6. The normalized spacial score (nSPS) is 20.7. The minimum Gasteiger partial charge on any atom is -0.382 e. The van der Waals surface area contributed by atoms with Crippen LogP contribution in [-0.2, 0) is 0 Å². The molecule has 3 heterocycles. The minimum atomic E-state index is -2.67. The molecule has 1 aliphatic heterocycles. The first-order valence-electron chi connectivity index (χ1n) is 6.62. The maximum atomic E-state index is 13.6. The monoisotopic (exact) mass is 291 g/mol. The summed E-state index contributed by atoms with van der Waals surface area (Å²) in [7, 11) is 0. The Morgan fingerprint density at radius 3 is 2.67 bits per heavy atom. The van der Waals surface area contributed by atoms with Crippen LogP contribution in [0.15, 0.2) is 30.7 Å². The van der Waals surface area contributed by atoms with Gasteiger partial charge in [0.1, 0.15) is 11.6 Å². The van der Waals surface area contributed by atoms with Crippen molar-refractivity contribution in [2.24, 2.45) is 5.92 Å². The molecule has 0 spiro atoms. The van der Waals surface area contributed by atoms with Crippen molar-refractivity contribution >= 4 is 11.6 Å². The summed E-state index contributed by atoms with van der Waals surface area (Å²) in [6.07, 6.45) is 4.64. The third kappa shape index (κ3) is 2.63. The van der Waals surface area contributed by atoms with Crippen LogP contribution in [0.1, 0.15) is 6.92 Å². The van der Waals surface area contributed by atoms with Crippen molar-refractivity contribution in [2.75, 3.05) is 23.7 Å². The molecule has 7 heteroatoms. The van der Waals surface area contributed by atoms with Gasteiger partial charge in [-0.3, -0.25) is 4.98 Å². The molecule has 5 nitrogen and oxygen atoms in total. The highest BCUT2D eigenvalue weighted by Gasteiger charge is 2.45. The van der Waals surface area contributed by atoms with E-state index in [1.165, 1.54) is 6.20 Å². The summed E-state index contributed by atoms with van der Waals surface area (Å²) in [5.41, 5.74) is 6.94. The molecule has 2 N–H and O–H groups in total. The van der Waals surface area contributed by atoms with E-state index >= 15 is 0 Å². The van der Waals surface area contributed by atoms with Gasteiger partial charge in [-0.25, -0.2) is 18.7 Å². The molecule has 2 aromatic heterocycles. The van der Waals surface area contributed by atoms with Gasteiger partial charge in [0, 0.05) is 24.2 Å². The van der Waals surface area contributed by atoms with Crippen molar-refractivity contribution < 1.29 is 8.78 Å². The van der Waals surface area contributed by atoms with E-state index in [4.69, 9.17) is 5.73 Å². The molecule has 0 saturated carbocycles. The third-order valence-electron chi connectivity index (χ3n) is 3.64. The Morgan fingerprint density at radius 2 is 2.10 bits per heavy atom. The van der Waals surface area contributed by atoms with Crippen LogP contribution < -0.4 is 10.6 Å². The molecule has 0 amide bonds. The number of hydrogen-bond acceptors (Lipinski definition) is 5. The average Bonchev–Trinajstić information content (AvgIpc) is 2.73. The summed E-state index contributed by atoms with van der Waals surface area (Å²) in [4.78, 5) is 14.0. The quantitative estimate of drug-likeness (QED) is 0.918. The average molecular weight is 291 g/mol. The predicted molar refractivity (Wildman–Crippen MR) is 76.0 cm³/mol. The number of nitrogens with zero attached hydrogens (tertiary/aromatic N) is 4. The first-order chi connectivity index (χ1) is 9.95. The SMILES string of the molecule is CC1CN(c2ccc(-c3cncc(N)n3)cn2)CC1(F)F. The van der Waals surface area contributed by atoms with E-state index in [0.29, 0.717) is 23.9 Å². The fourth-order valence-corrected chi connectivity index (χ4v) is 2.36. The van der Waals surface area contributed by atoms with Crippen molar-refractivity contribution in [1.82, 2.24) is 15.0 Å². The zero-order chi connectivity index (χ0) is 15.0. The highest BCUT2D eigenvalue weighted by atomic mass is 19.3. The van der Waals surface area contributed by atoms with E-state index in [1.54, 1.807) is 36.4 Å². The van der Waals surface area contributed by atoms with Gasteiger partial charge in [0.2, 0.25) is 0 Å². The summed E-state index contributed by atoms with van der Waals surface area (Å²) in [6.45, 7) is 1.56. The number of rotatable bonds is 2. The molecule has 0 aromatic carbocycles. The zero-order valence-corrected chi connectivity index (χ0v) is 11.5. The van der Waals surface area contributed by atoms with Gasteiger partial charge in [-0.2, -0.15) is 0 Å². The van der Waals surface area contributed by atoms with Crippen LogP contribution in [0.3, 0.4) is 0 Å². The molecular weight excluding hydrogens is 276 g/mol. The Bertz CT molecular complexity index is 644. The molecule has 0 aliphatic carbocycles. The minimum absolute atomic E-state index is 0.293. The second-order valence-corrected chi connectivity index (χ2v) is 5.28. The lowest BCUT2D eigenvalue weighted by molar-refractivity contribution is -0.0137. The van der Waals surface area contributed by atoms with E-state index < -0.39 is 11.8 Å².